The molecule has 6 aromatic rings. The molecule has 0 aliphatic heterocycles. The molecule has 0 heterocycles. The van der Waals surface area contributed by atoms with E-state index in [-0.39, 0.29) is 5.41 Å². The average molecular weight is 421 g/mol. The standard InChI is InChI=1S/C33H24/c1-33(2)30-17-8-7-15-26(30)29-19-23-18-22-11-4-6-14-25(22)32(28(23)20-31(29)33)27-16-9-12-21-10-3-5-13-24(21)27/h3-20H,1-2H3. The molecular formula is C33H24. The third-order valence-corrected chi connectivity index (χ3v) is 7.62. The summed E-state index contributed by atoms with van der Waals surface area (Å²) < 4.78 is 0. The summed E-state index contributed by atoms with van der Waals surface area (Å²) in [4.78, 5) is 0. The fourth-order valence-corrected chi connectivity index (χ4v) is 6.00. The minimum atomic E-state index is -0.0121. The highest BCUT2D eigenvalue weighted by Crippen LogP contribution is 2.51. The minimum absolute atomic E-state index is 0.0121. The Morgan fingerprint density at radius 2 is 1.09 bits per heavy atom. The molecule has 0 amide bonds. The van der Waals surface area contributed by atoms with Gasteiger partial charge in [-0.25, -0.2) is 0 Å². The number of rotatable bonds is 1. The number of fused-ring (bicyclic) bond motifs is 6. The van der Waals surface area contributed by atoms with E-state index in [4.69, 9.17) is 0 Å². The average Bonchev–Trinajstić information content (AvgIpc) is 3.07. The molecular weight excluding hydrogens is 396 g/mol. The Labute approximate surface area is 194 Å². The largest absolute Gasteiger partial charge is 0.0619 e. The second kappa shape index (κ2) is 6.56. The first-order chi connectivity index (χ1) is 16.1. The Kier molecular flexibility index (Phi) is 3.71. The lowest BCUT2D eigenvalue weighted by Crippen LogP contribution is -2.14. The molecule has 0 N–H and O–H groups in total. The molecule has 0 heteroatoms. The molecule has 0 bridgehead atoms. The van der Waals surface area contributed by atoms with E-state index in [9.17, 15) is 0 Å². The van der Waals surface area contributed by atoms with Gasteiger partial charge >= 0.3 is 0 Å². The van der Waals surface area contributed by atoms with Crippen molar-refractivity contribution < 1.29 is 0 Å². The van der Waals surface area contributed by atoms with E-state index < -0.39 is 0 Å². The summed E-state index contributed by atoms with van der Waals surface area (Å²) >= 11 is 0. The van der Waals surface area contributed by atoms with Crippen LogP contribution in [0.4, 0.5) is 0 Å². The van der Waals surface area contributed by atoms with Gasteiger partial charge < -0.3 is 0 Å². The van der Waals surface area contributed by atoms with Crippen molar-refractivity contribution in [1.82, 2.24) is 0 Å². The maximum absolute atomic E-state index is 2.48. The van der Waals surface area contributed by atoms with Gasteiger partial charge in [-0.1, -0.05) is 105 Å². The predicted octanol–water partition coefficient (Wildman–Crippen LogP) is 9.12. The van der Waals surface area contributed by atoms with Crippen molar-refractivity contribution in [2.75, 3.05) is 0 Å². The van der Waals surface area contributed by atoms with Gasteiger partial charge in [0.1, 0.15) is 0 Å². The van der Waals surface area contributed by atoms with E-state index in [2.05, 4.69) is 123 Å². The van der Waals surface area contributed by atoms with Gasteiger partial charge in [0, 0.05) is 5.41 Å². The molecule has 0 nitrogen and oxygen atoms in total. The van der Waals surface area contributed by atoms with Crippen LogP contribution in [0.1, 0.15) is 25.0 Å². The molecule has 1 aliphatic carbocycles. The van der Waals surface area contributed by atoms with Crippen LogP contribution in [0.5, 0.6) is 0 Å². The van der Waals surface area contributed by atoms with Gasteiger partial charge in [-0.05, 0) is 83.9 Å². The van der Waals surface area contributed by atoms with E-state index in [0.29, 0.717) is 0 Å². The van der Waals surface area contributed by atoms with Gasteiger partial charge in [0.25, 0.3) is 0 Å². The van der Waals surface area contributed by atoms with Gasteiger partial charge in [0.05, 0.1) is 0 Å². The van der Waals surface area contributed by atoms with Gasteiger partial charge in [-0.15, -0.1) is 0 Å². The van der Waals surface area contributed by atoms with Crippen LogP contribution in [-0.4, -0.2) is 0 Å². The molecule has 0 saturated heterocycles. The van der Waals surface area contributed by atoms with Crippen molar-refractivity contribution in [3.05, 3.63) is 120 Å². The topological polar surface area (TPSA) is 0 Å². The summed E-state index contributed by atoms with van der Waals surface area (Å²) in [6.45, 7) is 4.73. The number of hydrogen-bond donors (Lipinski definition) is 0. The van der Waals surface area contributed by atoms with Crippen LogP contribution < -0.4 is 0 Å². The molecule has 0 aromatic heterocycles. The van der Waals surface area contributed by atoms with Crippen LogP contribution in [0.2, 0.25) is 0 Å². The first-order valence-electron chi connectivity index (χ1n) is 11.7. The highest BCUT2D eigenvalue weighted by atomic mass is 14.4. The third kappa shape index (κ3) is 2.52. The van der Waals surface area contributed by atoms with Gasteiger partial charge in [-0.2, -0.15) is 0 Å². The summed E-state index contributed by atoms with van der Waals surface area (Å²) in [6.07, 6.45) is 0. The Balaban J connectivity index is 1.67. The zero-order chi connectivity index (χ0) is 22.2. The van der Waals surface area contributed by atoms with E-state index in [1.807, 2.05) is 0 Å². The lowest BCUT2D eigenvalue weighted by Gasteiger charge is -2.22. The fraction of sp³-hybridized carbons (Fsp3) is 0.0909. The molecule has 7 rings (SSSR count). The second-order valence-corrected chi connectivity index (χ2v) is 9.79. The molecule has 0 atom stereocenters. The van der Waals surface area contributed by atoms with Crippen molar-refractivity contribution in [2.24, 2.45) is 0 Å². The summed E-state index contributed by atoms with van der Waals surface area (Å²) in [5, 5.41) is 7.84. The lowest BCUT2D eigenvalue weighted by atomic mass is 9.80. The molecule has 0 spiro atoms. The summed E-state index contributed by atoms with van der Waals surface area (Å²) in [5.74, 6) is 0. The maximum atomic E-state index is 2.48. The fourth-order valence-electron chi connectivity index (χ4n) is 6.00. The normalized spacial score (nSPS) is 14.0. The maximum Gasteiger partial charge on any atom is 0.0159 e. The predicted molar refractivity (Wildman–Crippen MR) is 142 cm³/mol. The molecule has 0 radical (unpaired) electrons. The molecule has 1 aliphatic rings. The van der Waals surface area contributed by atoms with E-state index in [1.165, 1.54) is 65.7 Å². The van der Waals surface area contributed by atoms with Crippen molar-refractivity contribution in [3.8, 4) is 22.3 Å². The van der Waals surface area contributed by atoms with Crippen molar-refractivity contribution >= 4 is 32.3 Å². The van der Waals surface area contributed by atoms with Crippen molar-refractivity contribution in [3.63, 3.8) is 0 Å². The van der Waals surface area contributed by atoms with Gasteiger partial charge in [0.2, 0.25) is 0 Å². The summed E-state index contributed by atoms with van der Waals surface area (Å²) in [6, 6.07) is 40.4. The van der Waals surface area contributed by atoms with Crippen LogP contribution in [0, 0.1) is 0 Å². The van der Waals surface area contributed by atoms with E-state index in [1.54, 1.807) is 0 Å². The SMILES string of the molecule is CC1(C)c2ccccc2-c2cc3cc4ccccc4c(-c4cccc5ccccc45)c3cc21. The Hall–Kier alpha value is -3.90. The molecule has 156 valence electrons. The first kappa shape index (κ1) is 18.7. The Morgan fingerprint density at radius 1 is 0.424 bits per heavy atom. The van der Waals surface area contributed by atoms with Crippen molar-refractivity contribution in [1.29, 1.82) is 0 Å². The van der Waals surface area contributed by atoms with E-state index >= 15 is 0 Å². The van der Waals surface area contributed by atoms with Gasteiger partial charge in [0.15, 0.2) is 0 Å². The Morgan fingerprint density at radius 3 is 1.97 bits per heavy atom. The first-order valence-corrected chi connectivity index (χ1v) is 11.7. The molecule has 0 fully saturated rings. The molecule has 0 unspecified atom stereocenters. The van der Waals surface area contributed by atoms with Gasteiger partial charge in [-0.3, -0.25) is 0 Å². The van der Waals surface area contributed by atoms with Crippen LogP contribution in [0.15, 0.2) is 109 Å². The molecule has 0 saturated carbocycles. The van der Waals surface area contributed by atoms with Crippen LogP contribution in [0.3, 0.4) is 0 Å². The molecule has 33 heavy (non-hydrogen) atoms. The Bertz CT molecular complexity index is 1730. The summed E-state index contributed by atoms with van der Waals surface area (Å²) in [7, 11) is 0. The second-order valence-electron chi connectivity index (χ2n) is 9.79. The van der Waals surface area contributed by atoms with E-state index in [0.717, 1.165) is 0 Å². The van der Waals surface area contributed by atoms with Crippen LogP contribution in [0.25, 0.3) is 54.6 Å². The number of hydrogen-bond acceptors (Lipinski definition) is 0. The zero-order valence-electron chi connectivity index (χ0n) is 18.9. The zero-order valence-corrected chi connectivity index (χ0v) is 18.9. The lowest BCUT2D eigenvalue weighted by molar-refractivity contribution is 0.661. The monoisotopic (exact) mass is 420 g/mol. The quantitative estimate of drug-likeness (QED) is 0.233. The van der Waals surface area contributed by atoms with Crippen LogP contribution >= 0.6 is 0 Å². The smallest absolute Gasteiger partial charge is 0.0159 e. The van der Waals surface area contributed by atoms with Crippen LogP contribution in [-0.2, 0) is 5.41 Å². The highest BCUT2D eigenvalue weighted by molar-refractivity contribution is 6.17. The number of benzene rings is 6. The van der Waals surface area contributed by atoms with Crippen molar-refractivity contribution in [2.45, 2.75) is 19.3 Å². The third-order valence-electron chi connectivity index (χ3n) is 7.62. The summed E-state index contributed by atoms with van der Waals surface area (Å²) in [5.41, 5.74) is 8.24. The minimum Gasteiger partial charge on any atom is -0.0619 e. The molecule has 6 aromatic carbocycles. The highest BCUT2D eigenvalue weighted by Gasteiger charge is 2.35.